The van der Waals surface area contributed by atoms with E-state index in [2.05, 4.69) is 9.97 Å². The summed E-state index contributed by atoms with van der Waals surface area (Å²) in [5.74, 6) is 0.372. The van der Waals surface area contributed by atoms with Crippen molar-refractivity contribution in [2.75, 3.05) is 0 Å². The van der Waals surface area contributed by atoms with Gasteiger partial charge in [-0.15, -0.1) is 0 Å². The molecule has 1 atom stereocenters. The van der Waals surface area contributed by atoms with E-state index in [9.17, 15) is 0 Å². The summed E-state index contributed by atoms with van der Waals surface area (Å²) in [6.45, 7) is 3.99. The summed E-state index contributed by atoms with van der Waals surface area (Å²) >= 11 is 0. The standard InChI is InChI=1S/C9H14N4O/c1-3-6(2)14-8-5-12-7(4-13-8)9(10)11/h4-6H,3H2,1-2H3,(H3,10,11). The number of rotatable bonds is 4. The number of hydrogen-bond donors (Lipinski definition) is 2. The molecule has 0 aliphatic heterocycles. The molecule has 0 radical (unpaired) electrons. The van der Waals surface area contributed by atoms with Crippen LogP contribution in [0.2, 0.25) is 0 Å². The maximum Gasteiger partial charge on any atom is 0.232 e. The van der Waals surface area contributed by atoms with Gasteiger partial charge in [0.1, 0.15) is 11.5 Å². The molecule has 0 fully saturated rings. The van der Waals surface area contributed by atoms with Crippen molar-refractivity contribution in [2.24, 2.45) is 5.73 Å². The van der Waals surface area contributed by atoms with Gasteiger partial charge in [0.25, 0.3) is 0 Å². The van der Waals surface area contributed by atoms with Gasteiger partial charge in [0.05, 0.1) is 18.5 Å². The van der Waals surface area contributed by atoms with Gasteiger partial charge in [-0.25, -0.2) is 9.97 Å². The number of ether oxygens (including phenoxy) is 1. The van der Waals surface area contributed by atoms with Crippen LogP contribution in [-0.4, -0.2) is 21.9 Å². The van der Waals surface area contributed by atoms with E-state index in [1.807, 2.05) is 13.8 Å². The van der Waals surface area contributed by atoms with Gasteiger partial charge in [-0.3, -0.25) is 5.41 Å². The van der Waals surface area contributed by atoms with Crippen LogP contribution in [0.25, 0.3) is 0 Å². The van der Waals surface area contributed by atoms with E-state index < -0.39 is 0 Å². The number of amidine groups is 1. The first-order chi connectivity index (χ1) is 6.63. The normalized spacial score (nSPS) is 12.1. The number of nitrogens with two attached hydrogens (primary N) is 1. The molecule has 5 heteroatoms. The lowest BCUT2D eigenvalue weighted by Gasteiger charge is -2.10. The first-order valence-corrected chi connectivity index (χ1v) is 4.46. The van der Waals surface area contributed by atoms with Crippen LogP contribution in [0.1, 0.15) is 26.0 Å². The quantitative estimate of drug-likeness (QED) is 0.551. The molecule has 1 heterocycles. The van der Waals surface area contributed by atoms with Crippen molar-refractivity contribution in [3.05, 3.63) is 18.1 Å². The highest BCUT2D eigenvalue weighted by Gasteiger charge is 2.03. The van der Waals surface area contributed by atoms with Crippen molar-refractivity contribution in [3.63, 3.8) is 0 Å². The second kappa shape index (κ2) is 4.55. The molecule has 1 aromatic rings. The zero-order valence-electron chi connectivity index (χ0n) is 8.32. The molecule has 14 heavy (non-hydrogen) atoms. The average Bonchev–Trinajstić information content (AvgIpc) is 2.18. The summed E-state index contributed by atoms with van der Waals surface area (Å²) in [5, 5.41) is 7.12. The zero-order chi connectivity index (χ0) is 10.6. The summed E-state index contributed by atoms with van der Waals surface area (Å²) in [4.78, 5) is 7.91. The fourth-order valence-electron chi connectivity index (χ4n) is 0.806. The Morgan fingerprint density at radius 2 is 2.29 bits per heavy atom. The van der Waals surface area contributed by atoms with Crippen LogP contribution in [0.4, 0.5) is 0 Å². The molecule has 0 aromatic carbocycles. The second-order valence-corrected chi connectivity index (χ2v) is 2.99. The molecule has 1 unspecified atom stereocenters. The maximum atomic E-state index is 7.12. The zero-order valence-corrected chi connectivity index (χ0v) is 8.32. The minimum atomic E-state index is -0.0902. The molecule has 0 saturated heterocycles. The lowest BCUT2D eigenvalue weighted by molar-refractivity contribution is 0.207. The SMILES string of the molecule is CCC(C)Oc1cnc(C(=N)N)cn1. The van der Waals surface area contributed by atoms with Crippen LogP contribution >= 0.6 is 0 Å². The minimum absolute atomic E-state index is 0.0902. The van der Waals surface area contributed by atoms with Gasteiger partial charge in [-0.1, -0.05) is 6.92 Å². The third-order valence-electron chi connectivity index (χ3n) is 1.80. The predicted octanol–water partition coefficient (Wildman–Crippen LogP) is 0.938. The Morgan fingerprint density at radius 1 is 1.57 bits per heavy atom. The van der Waals surface area contributed by atoms with Crippen molar-refractivity contribution in [3.8, 4) is 5.88 Å². The van der Waals surface area contributed by atoms with E-state index in [1.54, 1.807) is 0 Å². The molecule has 0 aliphatic carbocycles. The number of aromatic nitrogens is 2. The Balaban J connectivity index is 2.68. The first-order valence-electron chi connectivity index (χ1n) is 4.46. The second-order valence-electron chi connectivity index (χ2n) is 2.99. The summed E-state index contributed by atoms with van der Waals surface area (Å²) in [6.07, 6.45) is 3.94. The molecule has 1 aromatic heterocycles. The number of nitrogen functional groups attached to an aromatic ring is 1. The largest absolute Gasteiger partial charge is 0.474 e. The Hall–Kier alpha value is -1.65. The first kappa shape index (κ1) is 10.4. The van der Waals surface area contributed by atoms with Crippen molar-refractivity contribution < 1.29 is 4.74 Å². The summed E-state index contributed by atoms with van der Waals surface area (Å²) < 4.78 is 5.41. The third kappa shape index (κ3) is 2.69. The van der Waals surface area contributed by atoms with Gasteiger partial charge in [0.2, 0.25) is 5.88 Å². The van der Waals surface area contributed by atoms with Crippen LogP contribution in [0.3, 0.4) is 0 Å². The fourth-order valence-corrected chi connectivity index (χ4v) is 0.806. The van der Waals surface area contributed by atoms with Crippen LogP contribution in [0, 0.1) is 5.41 Å². The molecule has 1 rings (SSSR count). The molecule has 0 saturated carbocycles. The monoisotopic (exact) mass is 194 g/mol. The minimum Gasteiger partial charge on any atom is -0.474 e. The van der Waals surface area contributed by atoms with Gasteiger partial charge < -0.3 is 10.5 Å². The summed E-state index contributed by atoms with van der Waals surface area (Å²) in [6, 6.07) is 0. The van der Waals surface area contributed by atoms with Gasteiger partial charge >= 0.3 is 0 Å². The lowest BCUT2D eigenvalue weighted by atomic mass is 10.3. The molecule has 0 spiro atoms. The number of nitrogens with one attached hydrogen (secondary N) is 1. The average molecular weight is 194 g/mol. The Kier molecular flexibility index (Phi) is 3.39. The highest BCUT2D eigenvalue weighted by molar-refractivity contribution is 5.92. The van der Waals surface area contributed by atoms with E-state index in [0.717, 1.165) is 6.42 Å². The molecule has 3 N–H and O–H groups in total. The molecule has 76 valence electrons. The van der Waals surface area contributed by atoms with Crippen LogP contribution in [-0.2, 0) is 0 Å². The highest BCUT2D eigenvalue weighted by Crippen LogP contribution is 2.07. The Labute approximate surface area is 82.8 Å². The summed E-state index contributed by atoms with van der Waals surface area (Å²) in [5.41, 5.74) is 5.59. The van der Waals surface area contributed by atoms with Crippen molar-refractivity contribution in [2.45, 2.75) is 26.4 Å². The Morgan fingerprint density at radius 3 is 2.71 bits per heavy atom. The summed E-state index contributed by atoms with van der Waals surface area (Å²) in [7, 11) is 0. The molecule has 5 nitrogen and oxygen atoms in total. The molecular formula is C9H14N4O. The van der Waals surface area contributed by atoms with Gasteiger partial charge in [-0.05, 0) is 13.3 Å². The number of hydrogen-bond acceptors (Lipinski definition) is 4. The number of nitrogens with zero attached hydrogens (tertiary/aromatic N) is 2. The smallest absolute Gasteiger partial charge is 0.232 e. The van der Waals surface area contributed by atoms with Crippen molar-refractivity contribution in [1.82, 2.24) is 9.97 Å². The molecular weight excluding hydrogens is 180 g/mol. The van der Waals surface area contributed by atoms with Crippen LogP contribution < -0.4 is 10.5 Å². The molecule has 0 aliphatic rings. The van der Waals surface area contributed by atoms with Crippen LogP contribution in [0.15, 0.2) is 12.4 Å². The van der Waals surface area contributed by atoms with E-state index in [0.29, 0.717) is 11.6 Å². The van der Waals surface area contributed by atoms with Gasteiger partial charge in [0, 0.05) is 0 Å². The van der Waals surface area contributed by atoms with E-state index in [4.69, 9.17) is 15.9 Å². The van der Waals surface area contributed by atoms with Crippen LogP contribution in [0.5, 0.6) is 5.88 Å². The van der Waals surface area contributed by atoms with Crippen molar-refractivity contribution in [1.29, 1.82) is 5.41 Å². The maximum absolute atomic E-state index is 7.12. The topological polar surface area (TPSA) is 84.9 Å². The third-order valence-corrected chi connectivity index (χ3v) is 1.80. The van der Waals surface area contributed by atoms with Crippen molar-refractivity contribution >= 4 is 5.84 Å². The predicted molar refractivity (Wildman–Crippen MR) is 53.4 cm³/mol. The van der Waals surface area contributed by atoms with Gasteiger partial charge in [0.15, 0.2) is 0 Å². The van der Waals surface area contributed by atoms with Gasteiger partial charge in [-0.2, -0.15) is 0 Å². The van der Waals surface area contributed by atoms with E-state index in [1.165, 1.54) is 12.4 Å². The fraction of sp³-hybridized carbons (Fsp3) is 0.444. The lowest BCUT2D eigenvalue weighted by Crippen LogP contribution is -2.15. The van der Waals surface area contributed by atoms with E-state index in [-0.39, 0.29) is 11.9 Å². The highest BCUT2D eigenvalue weighted by atomic mass is 16.5. The molecule has 0 amide bonds. The van der Waals surface area contributed by atoms with E-state index >= 15 is 0 Å². The molecule has 0 bridgehead atoms. The Bertz CT molecular complexity index is 309.